The van der Waals surface area contributed by atoms with Crippen molar-refractivity contribution in [1.29, 1.82) is 0 Å². The number of carbonyl (C=O) groups is 1. The molecule has 0 bridgehead atoms. The second-order valence-corrected chi connectivity index (χ2v) is 5.00. The fourth-order valence-corrected chi connectivity index (χ4v) is 2.02. The lowest BCUT2D eigenvalue weighted by atomic mass is 10.1. The Bertz CT molecular complexity index is 616. The van der Waals surface area contributed by atoms with Gasteiger partial charge in [-0.05, 0) is 45.4 Å². The minimum Gasteiger partial charge on any atom is -0.493 e. The molecule has 0 aliphatic rings. The molecule has 0 spiro atoms. The van der Waals surface area contributed by atoms with Crippen LogP contribution in [-0.2, 0) is 19.0 Å². The molecule has 0 aliphatic heterocycles. The van der Waals surface area contributed by atoms with E-state index in [0.717, 1.165) is 5.57 Å². The second kappa shape index (κ2) is 13.5. The van der Waals surface area contributed by atoms with Gasteiger partial charge in [0.05, 0.1) is 13.5 Å². The van der Waals surface area contributed by atoms with E-state index in [0.29, 0.717) is 36.3 Å². The average molecular weight is 363 g/mol. The third kappa shape index (κ3) is 8.86. The quantitative estimate of drug-likeness (QED) is 0.152. The highest BCUT2D eigenvalue weighted by molar-refractivity contribution is 5.97. The molecule has 7 nitrogen and oxygen atoms in total. The van der Waals surface area contributed by atoms with Crippen molar-refractivity contribution < 1.29 is 19.0 Å². The predicted molar refractivity (Wildman–Crippen MR) is 105 cm³/mol. The summed E-state index contributed by atoms with van der Waals surface area (Å²) in [6.07, 6.45) is 5.55. The summed E-state index contributed by atoms with van der Waals surface area (Å²) in [5.41, 5.74) is 0.759. The van der Waals surface area contributed by atoms with Crippen LogP contribution < -0.4 is 5.32 Å². The summed E-state index contributed by atoms with van der Waals surface area (Å²) in [5, 5.41) is 9.66. The molecule has 26 heavy (non-hydrogen) atoms. The first-order valence-corrected chi connectivity index (χ1v) is 8.20. The molecule has 0 radical (unpaired) electrons. The topological polar surface area (TPSA) is 81.5 Å². The van der Waals surface area contributed by atoms with E-state index in [-0.39, 0.29) is 12.3 Å². The molecule has 0 rings (SSSR count). The van der Waals surface area contributed by atoms with E-state index in [4.69, 9.17) is 14.2 Å². The van der Waals surface area contributed by atoms with Gasteiger partial charge in [0.15, 0.2) is 11.5 Å². The molecule has 0 atom stereocenters. The van der Waals surface area contributed by atoms with Crippen molar-refractivity contribution >= 4 is 18.5 Å². The van der Waals surface area contributed by atoms with Crippen molar-refractivity contribution in [3.8, 4) is 0 Å². The Kier molecular flexibility index (Phi) is 12.0. The molecule has 0 aromatic rings. The van der Waals surface area contributed by atoms with Gasteiger partial charge in [-0.1, -0.05) is 12.7 Å². The Morgan fingerprint density at radius 1 is 1.08 bits per heavy atom. The number of methoxy groups -OCH3 is 1. The van der Waals surface area contributed by atoms with Gasteiger partial charge >= 0.3 is 0 Å². The summed E-state index contributed by atoms with van der Waals surface area (Å²) in [5.74, 6) is 1.80. The first-order valence-electron chi connectivity index (χ1n) is 8.20. The third-order valence-corrected chi connectivity index (χ3v) is 3.19. The summed E-state index contributed by atoms with van der Waals surface area (Å²) in [6.45, 7) is 14.8. The number of hydrogen-bond acceptors (Lipinski definition) is 6. The Labute approximate surface area is 155 Å². The highest BCUT2D eigenvalue weighted by Gasteiger charge is 2.12. The number of carbonyl (C=O) groups excluding carboxylic acids is 1. The van der Waals surface area contributed by atoms with Crippen LogP contribution in [0.5, 0.6) is 0 Å². The largest absolute Gasteiger partial charge is 0.493 e. The number of hydrogen-bond donors (Lipinski definition) is 1. The molecule has 0 fully saturated rings. The molecule has 0 aliphatic carbocycles. The Morgan fingerprint density at radius 3 is 2.19 bits per heavy atom. The summed E-state index contributed by atoms with van der Waals surface area (Å²) < 4.78 is 16.3. The standard InChI is InChI=1S/C19H29N3O4/c1-8-16(13-19(23)21-15(5)22-20-6)18(10-3)26-12-11-25-14(4)17(9-2)24-7/h8-10H,4,6,11-13H2,1-3,5,7H3,(H,21,22,23)/b16-8-,17-9+,18-10+. The zero-order valence-electron chi connectivity index (χ0n) is 16.3. The zero-order valence-corrected chi connectivity index (χ0v) is 16.3. The Morgan fingerprint density at radius 2 is 1.69 bits per heavy atom. The number of ether oxygens (including phenoxy) is 3. The molecule has 0 saturated carbocycles. The lowest BCUT2D eigenvalue weighted by Gasteiger charge is -2.15. The van der Waals surface area contributed by atoms with Crippen LogP contribution in [0.2, 0.25) is 0 Å². The minimum atomic E-state index is -0.214. The number of amidine groups is 1. The van der Waals surface area contributed by atoms with Crippen molar-refractivity contribution in [2.75, 3.05) is 20.3 Å². The molecule has 0 heterocycles. The molecule has 1 N–H and O–H groups in total. The maximum absolute atomic E-state index is 12.0. The molecule has 0 aromatic carbocycles. The minimum absolute atomic E-state index is 0.153. The molecule has 0 saturated heterocycles. The molecule has 0 aromatic heterocycles. The van der Waals surface area contributed by atoms with Crippen LogP contribution in [0.4, 0.5) is 0 Å². The summed E-state index contributed by atoms with van der Waals surface area (Å²) in [7, 11) is 1.55. The normalized spacial score (nSPS) is 13.1. The van der Waals surface area contributed by atoms with E-state index < -0.39 is 0 Å². The molecular formula is C19H29N3O4. The summed E-state index contributed by atoms with van der Waals surface area (Å²) in [4.78, 5) is 12.0. The third-order valence-electron chi connectivity index (χ3n) is 3.19. The Hall–Kier alpha value is -2.83. The lowest BCUT2D eigenvalue weighted by Crippen LogP contribution is -2.28. The maximum Gasteiger partial charge on any atom is 0.229 e. The van der Waals surface area contributed by atoms with Crippen LogP contribution in [0.3, 0.4) is 0 Å². The fourth-order valence-electron chi connectivity index (χ4n) is 2.02. The van der Waals surface area contributed by atoms with Gasteiger partial charge in [-0.3, -0.25) is 4.79 Å². The van der Waals surface area contributed by atoms with Gasteiger partial charge in [-0.15, -0.1) is 5.10 Å². The van der Waals surface area contributed by atoms with E-state index in [1.807, 2.05) is 26.8 Å². The van der Waals surface area contributed by atoms with Gasteiger partial charge in [0.25, 0.3) is 0 Å². The van der Waals surface area contributed by atoms with Crippen LogP contribution in [0.25, 0.3) is 0 Å². The molecule has 144 valence electrons. The van der Waals surface area contributed by atoms with Crippen molar-refractivity contribution in [3.05, 3.63) is 47.7 Å². The smallest absolute Gasteiger partial charge is 0.229 e. The van der Waals surface area contributed by atoms with E-state index in [9.17, 15) is 4.79 Å². The monoisotopic (exact) mass is 363 g/mol. The van der Waals surface area contributed by atoms with E-state index >= 15 is 0 Å². The summed E-state index contributed by atoms with van der Waals surface area (Å²) >= 11 is 0. The van der Waals surface area contributed by atoms with Crippen molar-refractivity contribution in [3.63, 3.8) is 0 Å². The second-order valence-electron chi connectivity index (χ2n) is 5.00. The van der Waals surface area contributed by atoms with Crippen molar-refractivity contribution in [2.45, 2.75) is 34.1 Å². The number of rotatable bonds is 11. The van der Waals surface area contributed by atoms with E-state index in [1.165, 1.54) is 0 Å². The van der Waals surface area contributed by atoms with Crippen LogP contribution in [0.15, 0.2) is 57.9 Å². The summed E-state index contributed by atoms with van der Waals surface area (Å²) in [6, 6.07) is 0. The lowest BCUT2D eigenvalue weighted by molar-refractivity contribution is -0.119. The maximum atomic E-state index is 12.0. The average Bonchev–Trinajstić information content (AvgIpc) is 2.61. The molecule has 0 unspecified atom stereocenters. The molecule has 7 heteroatoms. The zero-order chi connectivity index (χ0) is 19.9. The van der Waals surface area contributed by atoms with Crippen molar-refractivity contribution in [2.24, 2.45) is 10.2 Å². The van der Waals surface area contributed by atoms with Gasteiger partial charge < -0.3 is 19.5 Å². The van der Waals surface area contributed by atoms with Crippen LogP contribution in [0.1, 0.15) is 34.1 Å². The number of allylic oxidation sites excluding steroid dienone is 4. The first-order chi connectivity index (χ1) is 12.4. The molecular weight excluding hydrogens is 334 g/mol. The SMILES string of the molecule is C=N/N=C(\C)NC(=O)CC(=C/C)/C(=C\C)OCCOC(=C)/C(=C\C)OC. The number of nitrogens with zero attached hydrogens (tertiary/aromatic N) is 2. The highest BCUT2D eigenvalue weighted by Crippen LogP contribution is 2.16. The van der Waals surface area contributed by atoms with Gasteiger partial charge in [0, 0.05) is 6.72 Å². The number of nitrogens with one attached hydrogen (secondary N) is 1. The van der Waals surface area contributed by atoms with Gasteiger partial charge in [0.2, 0.25) is 5.91 Å². The molecule has 1 amide bonds. The van der Waals surface area contributed by atoms with Crippen LogP contribution in [0, 0.1) is 0 Å². The van der Waals surface area contributed by atoms with Crippen LogP contribution in [-0.4, -0.2) is 38.8 Å². The van der Waals surface area contributed by atoms with Gasteiger partial charge in [0.1, 0.15) is 24.8 Å². The highest BCUT2D eigenvalue weighted by atomic mass is 16.5. The number of amides is 1. The fraction of sp³-hybridized carbons (Fsp3) is 0.421. The van der Waals surface area contributed by atoms with Crippen LogP contribution >= 0.6 is 0 Å². The predicted octanol–water partition coefficient (Wildman–Crippen LogP) is 3.47. The van der Waals surface area contributed by atoms with Crippen molar-refractivity contribution in [1.82, 2.24) is 5.32 Å². The van der Waals surface area contributed by atoms with E-state index in [1.54, 1.807) is 26.2 Å². The van der Waals surface area contributed by atoms with Gasteiger partial charge in [-0.2, -0.15) is 5.10 Å². The van der Waals surface area contributed by atoms with E-state index in [2.05, 4.69) is 28.8 Å². The first kappa shape index (κ1) is 23.2. The Balaban J connectivity index is 4.57. The van der Waals surface area contributed by atoms with Gasteiger partial charge in [-0.25, -0.2) is 0 Å².